The lowest BCUT2D eigenvalue weighted by atomic mass is 10.0. The Morgan fingerprint density at radius 1 is 0.875 bits per heavy atom. The number of benzene rings is 3. The molecule has 0 fully saturated rings. The van der Waals surface area contributed by atoms with E-state index < -0.39 is 0 Å². The highest BCUT2D eigenvalue weighted by Crippen LogP contribution is 2.25. The zero-order valence-corrected chi connectivity index (χ0v) is 14.4. The van der Waals surface area contributed by atoms with Gasteiger partial charge in [-0.05, 0) is 47.5 Å². The molecular weight excluding hydrogens is 298 g/mol. The molecule has 1 N–H and O–H groups in total. The van der Waals surface area contributed by atoms with Gasteiger partial charge in [0.05, 0.1) is 14.2 Å². The Balaban J connectivity index is 1.75. The molecule has 0 spiro atoms. The zero-order valence-electron chi connectivity index (χ0n) is 14.4. The Morgan fingerprint density at radius 2 is 1.67 bits per heavy atom. The monoisotopic (exact) mass is 321 g/mol. The van der Waals surface area contributed by atoms with Crippen LogP contribution in [0.5, 0.6) is 11.5 Å². The maximum absolute atomic E-state index is 5.44. The van der Waals surface area contributed by atoms with Gasteiger partial charge < -0.3 is 14.8 Å². The minimum atomic E-state index is 0.241. The van der Waals surface area contributed by atoms with E-state index in [0.717, 1.165) is 17.1 Å². The Bertz CT molecular complexity index is 829. The fourth-order valence-electron chi connectivity index (χ4n) is 2.88. The first-order chi connectivity index (χ1) is 11.7. The summed E-state index contributed by atoms with van der Waals surface area (Å²) in [6.07, 6.45) is 0. The van der Waals surface area contributed by atoms with Gasteiger partial charge in [0.2, 0.25) is 0 Å². The van der Waals surface area contributed by atoms with Gasteiger partial charge in [-0.25, -0.2) is 0 Å². The molecule has 3 nitrogen and oxygen atoms in total. The van der Waals surface area contributed by atoms with E-state index in [4.69, 9.17) is 9.47 Å². The van der Waals surface area contributed by atoms with Crippen LogP contribution < -0.4 is 14.8 Å². The highest BCUT2D eigenvalue weighted by Gasteiger charge is 2.09. The fourth-order valence-corrected chi connectivity index (χ4v) is 2.88. The number of fused-ring (bicyclic) bond motifs is 1. The van der Waals surface area contributed by atoms with Gasteiger partial charge in [-0.15, -0.1) is 0 Å². The first-order valence-electron chi connectivity index (χ1n) is 8.14. The lowest BCUT2D eigenvalue weighted by Crippen LogP contribution is -2.18. The minimum absolute atomic E-state index is 0.241. The van der Waals surface area contributed by atoms with E-state index in [9.17, 15) is 0 Å². The van der Waals surface area contributed by atoms with Crippen LogP contribution >= 0.6 is 0 Å². The molecule has 0 saturated carbocycles. The molecule has 24 heavy (non-hydrogen) atoms. The lowest BCUT2D eigenvalue weighted by molar-refractivity contribution is 0.395. The summed E-state index contributed by atoms with van der Waals surface area (Å²) < 4.78 is 10.8. The summed E-state index contributed by atoms with van der Waals surface area (Å²) in [7, 11) is 3.37. The average Bonchev–Trinajstić information content (AvgIpc) is 2.65. The first-order valence-corrected chi connectivity index (χ1v) is 8.14. The molecular formula is C21H23NO2. The predicted molar refractivity (Wildman–Crippen MR) is 98.7 cm³/mol. The second-order valence-electron chi connectivity index (χ2n) is 5.89. The van der Waals surface area contributed by atoms with E-state index >= 15 is 0 Å². The topological polar surface area (TPSA) is 30.5 Å². The molecule has 3 aromatic rings. The summed E-state index contributed by atoms with van der Waals surface area (Å²) in [5, 5.41) is 6.10. The summed E-state index contributed by atoms with van der Waals surface area (Å²) >= 11 is 0. The van der Waals surface area contributed by atoms with Gasteiger partial charge >= 0.3 is 0 Å². The Morgan fingerprint density at radius 3 is 2.42 bits per heavy atom. The quantitative estimate of drug-likeness (QED) is 0.713. The molecule has 0 aliphatic heterocycles. The van der Waals surface area contributed by atoms with Crippen molar-refractivity contribution in [3.63, 3.8) is 0 Å². The molecule has 0 bridgehead atoms. The number of nitrogens with one attached hydrogen (secondary N) is 1. The van der Waals surface area contributed by atoms with Crippen molar-refractivity contribution in [3.05, 3.63) is 71.8 Å². The highest BCUT2D eigenvalue weighted by molar-refractivity contribution is 5.83. The molecule has 0 aromatic heterocycles. The summed E-state index contributed by atoms with van der Waals surface area (Å²) in [5.41, 5.74) is 2.36. The van der Waals surface area contributed by atoms with Crippen molar-refractivity contribution in [2.24, 2.45) is 0 Å². The predicted octanol–water partition coefficient (Wildman–Crippen LogP) is 4.71. The van der Waals surface area contributed by atoms with Crippen LogP contribution in [0.4, 0.5) is 0 Å². The number of ether oxygens (including phenoxy) is 2. The third-order valence-corrected chi connectivity index (χ3v) is 4.36. The molecule has 0 amide bonds. The van der Waals surface area contributed by atoms with Crippen LogP contribution in [0.3, 0.4) is 0 Å². The molecule has 0 heterocycles. The van der Waals surface area contributed by atoms with Gasteiger partial charge in [-0.1, -0.05) is 36.4 Å². The number of hydrogen-bond acceptors (Lipinski definition) is 3. The van der Waals surface area contributed by atoms with E-state index in [0.29, 0.717) is 6.54 Å². The largest absolute Gasteiger partial charge is 0.497 e. The third-order valence-electron chi connectivity index (χ3n) is 4.36. The smallest absolute Gasteiger partial charge is 0.123 e. The van der Waals surface area contributed by atoms with Crippen LogP contribution in [0.25, 0.3) is 10.8 Å². The van der Waals surface area contributed by atoms with Crippen molar-refractivity contribution in [1.82, 2.24) is 5.32 Å². The maximum Gasteiger partial charge on any atom is 0.123 e. The molecule has 124 valence electrons. The number of hydrogen-bond donors (Lipinski definition) is 1. The van der Waals surface area contributed by atoms with Gasteiger partial charge in [0.25, 0.3) is 0 Å². The molecule has 0 aliphatic carbocycles. The van der Waals surface area contributed by atoms with Gasteiger partial charge in [0.15, 0.2) is 0 Å². The Labute approximate surface area is 143 Å². The van der Waals surface area contributed by atoms with Gasteiger partial charge in [0.1, 0.15) is 11.5 Å². The van der Waals surface area contributed by atoms with E-state index in [1.165, 1.54) is 16.3 Å². The first kappa shape index (κ1) is 16.3. The molecule has 0 radical (unpaired) electrons. The molecule has 0 aliphatic rings. The molecule has 1 unspecified atom stereocenters. The Kier molecular flexibility index (Phi) is 5.02. The van der Waals surface area contributed by atoms with E-state index in [-0.39, 0.29) is 6.04 Å². The van der Waals surface area contributed by atoms with Crippen LogP contribution in [0.1, 0.15) is 24.1 Å². The minimum Gasteiger partial charge on any atom is -0.497 e. The summed E-state index contributed by atoms with van der Waals surface area (Å²) in [5.74, 6) is 1.71. The van der Waals surface area contributed by atoms with Crippen LogP contribution in [-0.4, -0.2) is 14.2 Å². The lowest BCUT2D eigenvalue weighted by Gasteiger charge is -2.17. The van der Waals surface area contributed by atoms with Crippen molar-refractivity contribution in [1.29, 1.82) is 0 Å². The SMILES string of the molecule is COc1ccc(OC)c(CNC(C)c2ccc3ccccc3c2)c1. The fraction of sp³-hybridized carbons (Fsp3) is 0.238. The van der Waals surface area contributed by atoms with Crippen molar-refractivity contribution in [2.75, 3.05) is 14.2 Å². The average molecular weight is 321 g/mol. The molecule has 3 heteroatoms. The van der Waals surface area contributed by atoms with Crippen molar-refractivity contribution >= 4 is 10.8 Å². The van der Waals surface area contributed by atoms with E-state index in [1.807, 2.05) is 18.2 Å². The zero-order chi connectivity index (χ0) is 16.9. The molecule has 1 atom stereocenters. The van der Waals surface area contributed by atoms with Crippen LogP contribution in [0.15, 0.2) is 60.7 Å². The summed E-state index contributed by atoms with van der Waals surface area (Å²) in [4.78, 5) is 0. The van der Waals surface area contributed by atoms with E-state index in [1.54, 1.807) is 14.2 Å². The van der Waals surface area contributed by atoms with Crippen molar-refractivity contribution in [3.8, 4) is 11.5 Å². The normalized spacial score (nSPS) is 12.1. The van der Waals surface area contributed by atoms with Gasteiger partial charge in [-0.2, -0.15) is 0 Å². The summed E-state index contributed by atoms with van der Waals surface area (Å²) in [6.45, 7) is 2.89. The van der Waals surface area contributed by atoms with Crippen LogP contribution in [-0.2, 0) is 6.54 Å². The highest BCUT2D eigenvalue weighted by atomic mass is 16.5. The standard InChI is InChI=1S/C21H23NO2/c1-15(17-9-8-16-6-4-5-7-18(16)12-17)22-14-19-13-20(23-2)10-11-21(19)24-3/h4-13,15,22H,14H2,1-3H3. The molecule has 0 saturated heterocycles. The van der Waals surface area contributed by atoms with Crippen molar-refractivity contribution in [2.45, 2.75) is 19.5 Å². The third kappa shape index (κ3) is 3.52. The Hall–Kier alpha value is -2.52. The van der Waals surface area contributed by atoms with Crippen molar-refractivity contribution < 1.29 is 9.47 Å². The van der Waals surface area contributed by atoms with Gasteiger partial charge in [-0.3, -0.25) is 0 Å². The second kappa shape index (κ2) is 7.37. The number of methoxy groups -OCH3 is 2. The molecule has 3 rings (SSSR count). The summed E-state index contributed by atoms with van der Waals surface area (Å²) in [6, 6.07) is 21.1. The van der Waals surface area contributed by atoms with E-state index in [2.05, 4.69) is 54.7 Å². The van der Waals surface area contributed by atoms with Gasteiger partial charge in [0, 0.05) is 18.2 Å². The van der Waals surface area contributed by atoms with Crippen LogP contribution in [0, 0.1) is 0 Å². The molecule has 3 aromatic carbocycles. The number of rotatable bonds is 6. The van der Waals surface area contributed by atoms with Crippen LogP contribution in [0.2, 0.25) is 0 Å². The second-order valence-corrected chi connectivity index (χ2v) is 5.89. The maximum atomic E-state index is 5.44.